The Balaban J connectivity index is 2.29. The van der Waals surface area contributed by atoms with Gasteiger partial charge < -0.3 is 5.11 Å². The zero-order valence-corrected chi connectivity index (χ0v) is 11.3. The monoisotopic (exact) mass is 271 g/mol. The number of nitrogens with zero attached hydrogens (tertiary/aromatic N) is 1. The highest BCUT2D eigenvalue weighted by molar-refractivity contribution is 5.89. The van der Waals surface area contributed by atoms with Crippen molar-refractivity contribution in [3.63, 3.8) is 0 Å². The lowest BCUT2D eigenvalue weighted by Crippen LogP contribution is -2.14. The van der Waals surface area contributed by atoms with Crippen LogP contribution < -0.4 is 0 Å². The number of rotatable bonds is 1. The van der Waals surface area contributed by atoms with E-state index in [1.165, 1.54) is 6.07 Å². The summed E-state index contributed by atoms with van der Waals surface area (Å²) in [5.74, 6) is -2.07. The van der Waals surface area contributed by atoms with Gasteiger partial charge in [-0.2, -0.15) is 4.39 Å². The van der Waals surface area contributed by atoms with E-state index in [0.717, 1.165) is 28.7 Å². The number of carboxylic acids is 1. The predicted molar refractivity (Wildman–Crippen MR) is 73.4 cm³/mol. The molecule has 1 aromatic carbocycles. The van der Waals surface area contributed by atoms with Gasteiger partial charge in [0.25, 0.3) is 0 Å². The van der Waals surface area contributed by atoms with E-state index in [4.69, 9.17) is 5.11 Å². The van der Waals surface area contributed by atoms with Crippen molar-refractivity contribution in [2.75, 3.05) is 0 Å². The molecule has 4 heteroatoms. The summed E-state index contributed by atoms with van der Waals surface area (Å²) in [5, 5.41) is 9.01. The Hall–Kier alpha value is -2.23. The van der Waals surface area contributed by atoms with Crippen LogP contribution in [0.3, 0.4) is 0 Å². The van der Waals surface area contributed by atoms with Crippen molar-refractivity contribution >= 4 is 5.97 Å². The lowest BCUT2D eigenvalue weighted by atomic mass is 9.81. The van der Waals surface area contributed by atoms with Crippen molar-refractivity contribution in [3.8, 4) is 11.3 Å². The third-order valence-corrected chi connectivity index (χ3v) is 3.81. The SMILES string of the molecule is Cc1ccc2c(c1)-c1nc(F)c(C(=O)O)cc1C(C)C2. The second kappa shape index (κ2) is 4.40. The van der Waals surface area contributed by atoms with Gasteiger partial charge in [0.2, 0.25) is 5.95 Å². The van der Waals surface area contributed by atoms with Crippen LogP contribution in [0.4, 0.5) is 4.39 Å². The van der Waals surface area contributed by atoms with Gasteiger partial charge in [-0.3, -0.25) is 0 Å². The van der Waals surface area contributed by atoms with E-state index in [1.807, 2.05) is 32.0 Å². The molecule has 0 spiro atoms. The molecule has 0 bridgehead atoms. The number of carboxylic acid groups (broad SMARTS) is 1. The zero-order valence-electron chi connectivity index (χ0n) is 11.3. The molecular weight excluding hydrogens is 257 g/mol. The van der Waals surface area contributed by atoms with E-state index < -0.39 is 11.9 Å². The van der Waals surface area contributed by atoms with Gasteiger partial charge in [-0.15, -0.1) is 0 Å². The average molecular weight is 271 g/mol. The fourth-order valence-corrected chi connectivity index (χ4v) is 2.78. The van der Waals surface area contributed by atoms with Crippen molar-refractivity contribution in [1.82, 2.24) is 4.98 Å². The standard InChI is InChI=1S/C16H14FNO2/c1-8-3-4-10-6-9(2)11-7-13(16(19)20)15(17)18-14(11)12(10)5-8/h3-5,7,9H,6H2,1-2H3,(H,19,20). The van der Waals surface area contributed by atoms with E-state index in [2.05, 4.69) is 4.98 Å². The molecule has 3 nitrogen and oxygen atoms in total. The first kappa shape index (κ1) is 12.8. The molecular formula is C16H14FNO2. The first-order valence-electron chi connectivity index (χ1n) is 6.51. The highest BCUT2D eigenvalue weighted by atomic mass is 19.1. The molecule has 0 saturated heterocycles. The number of hydrogen-bond acceptors (Lipinski definition) is 2. The van der Waals surface area contributed by atoms with Crippen molar-refractivity contribution in [3.05, 3.63) is 52.5 Å². The third kappa shape index (κ3) is 1.88. The van der Waals surface area contributed by atoms with Gasteiger partial charge >= 0.3 is 5.97 Å². The van der Waals surface area contributed by atoms with Crippen LogP contribution in [0.25, 0.3) is 11.3 Å². The summed E-state index contributed by atoms with van der Waals surface area (Å²) in [7, 11) is 0. The first-order chi connectivity index (χ1) is 9.47. The van der Waals surface area contributed by atoms with E-state index >= 15 is 0 Å². The average Bonchev–Trinajstić information content (AvgIpc) is 2.39. The first-order valence-corrected chi connectivity index (χ1v) is 6.51. The summed E-state index contributed by atoms with van der Waals surface area (Å²) in [5.41, 5.74) is 4.15. The molecule has 1 aromatic heterocycles. The molecule has 102 valence electrons. The van der Waals surface area contributed by atoms with Crippen molar-refractivity contribution in [2.45, 2.75) is 26.2 Å². The van der Waals surface area contributed by atoms with Crippen LogP contribution in [-0.4, -0.2) is 16.1 Å². The summed E-state index contributed by atoms with van der Waals surface area (Å²) < 4.78 is 13.9. The molecule has 1 aliphatic rings. The molecule has 0 aliphatic heterocycles. The van der Waals surface area contributed by atoms with E-state index in [-0.39, 0.29) is 11.5 Å². The quantitative estimate of drug-likeness (QED) is 0.807. The molecule has 3 rings (SSSR count). The molecule has 1 heterocycles. The van der Waals surface area contributed by atoms with Gasteiger partial charge in [0.05, 0.1) is 5.69 Å². The molecule has 0 saturated carbocycles. The Labute approximate surface area is 116 Å². The number of halogens is 1. The molecule has 0 fully saturated rings. The van der Waals surface area contributed by atoms with Crippen LogP contribution in [0.2, 0.25) is 0 Å². The van der Waals surface area contributed by atoms with Crippen molar-refractivity contribution in [1.29, 1.82) is 0 Å². The third-order valence-electron chi connectivity index (χ3n) is 3.81. The minimum atomic E-state index is -1.28. The zero-order chi connectivity index (χ0) is 14.4. The van der Waals surface area contributed by atoms with Crippen LogP contribution >= 0.6 is 0 Å². The second-order valence-electron chi connectivity index (χ2n) is 5.34. The van der Waals surface area contributed by atoms with E-state index in [1.54, 1.807) is 0 Å². The highest BCUT2D eigenvalue weighted by Crippen LogP contribution is 2.39. The number of aryl methyl sites for hydroxylation is 1. The number of hydrogen-bond donors (Lipinski definition) is 1. The Bertz CT molecular complexity index is 725. The molecule has 1 atom stereocenters. The molecule has 20 heavy (non-hydrogen) atoms. The lowest BCUT2D eigenvalue weighted by Gasteiger charge is -2.25. The maximum Gasteiger partial charge on any atom is 0.340 e. The smallest absolute Gasteiger partial charge is 0.340 e. The van der Waals surface area contributed by atoms with Crippen LogP contribution in [0, 0.1) is 12.9 Å². The van der Waals surface area contributed by atoms with Gasteiger partial charge in [0.1, 0.15) is 5.56 Å². The van der Waals surface area contributed by atoms with Gasteiger partial charge in [0.15, 0.2) is 0 Å². The number of aromatic carboxylic acids is 1. The minimum Gasteiger partial charge on any atom is -0.478 e. The van der Waals surface area contributed by atoms with Gasteiger partial charge in [-0.25, -0.2) is 9.78 Å². The van der Waals surface area contributed by atoms with Gasteiger partial charge in [-0.1, -0.05) is 24.6 Å². The fourth-order valence-electron chi connectivity index (χ4n) is 2.78. The molecule has 0 radical (unpaired) electrons. The summed E-state index contributed by atoms with van der Waals surface area (Å²) in [6.07, 6.45) is 0.814. The van der Waals surface area contributed by atoms with Crippen LogP contribution in [-0.2, 0) is 6.42 Å². The Morgan fingerprint density at radius 2 is 2.15 bits per heavy atom. The summed E-state index contributed by atoms with van der Waals surface area (Å²) in [4.78, 5) is 15.0. The van der Waals surface area contributed by atoms with Crippen LogP contribution in [0.1, 0.15) is 39.9 Å². The summed E-state index contributed by atoms with van der Waals surface area (Å²) in [6.45, 7) is 3.98. The number of aromatic nitrogens is 1. The highest BCUT2D eigenvalue weighted by Gasteiger charge is 2.26. The molecule has 0 amide bonds. The maximum absolute atomic E-state index is 13.9. The Morgan fingerprint density at radius 1 is 1.40 bits per heavy atom. The number of fused-ring (bicyclic) bond motifs is 3. The van der Waals surface area contributed by atoms with Crippen LogP contribution in [0.5, 0.6) is 0 Å². The summed E-state index contributed by atoms with van der Waals surface area (Å²) >= 11 is 0. The van der Waals surface area contributed by atoms with Crippen LogP contribution in [0.15, 0.2) is 24.3 Å². The molecule has 1 N–H and O–H groups in total. The van der Waals surface area contributed by atoms with Crippen molar-refractivity contribution in [2.24, 2.45) is 0 Å². The molecule has 2 aromatic rings. The Morgan fingerprint density at radius 3 is 2.85 bits per heavy atom. The molecule has 1 unspecified atom stereocenters. The number of carbonyl (C=O) groups is 1. The predicted octanol–water partition coefficient (Wildman–Crippen LogP) is 3.55. The Kier molecular flexibility index (Phi) is 2.82. The number of pyridine rings is 1. The second-order valence-corrected chi connectivity index (χ2v) is 5.34. The van der Waals surface area contributed by atoms with Crippen molar-refractivity contribution < 1.29 is 14.3 Å². The van der Waals surface area contributed by atoms with Gasteiger partial charge in [0, 0.05) is 5.56 Å². The van der Waals surface area contributed by atoms with Gasteiger partial charge in [-0.05, 0) is 42.5 Å². The van der Waals surface area contributed by atoms with E-state index in [0.29, 0.717) is 5.69 Å². The minimum absolute atomic E-state index is 0.131. The topological polar surface area (TPSA) is 50.2 Å². The fraction of sp³-hybridized carbons (Fsp3) is 0.250. The maximum atomic E-state index is 13.9. The molecule has 1 aliphatic carbocycles. The number of benzene rings is 1. The normalized spacial score (nSPS) is 16.4. The van der Waals surface area contributed by atoms with E-state index in [9.17, 15) is 9.18 Å². The largest absolute Gasteiger partial charge is 0.478 e. The summed E-state index contributed by atoms with van der Waals surface area (Å²) in [6, 6.07) is 7.47. The lowest BCUT2D eigenvalue weighted by molar-refractivity contribution is 0.0690.